The minimum atomic E-state index is -0.110. The predicted molar refractivity (Wildman–Crippen MR) is 510 cm³/mol. The van der Waals surface area contributed by atoms with Crippen LogP contribution in [0.3, 0.4) is 0 Å². The van der Waals surface area contributed by atoms with E-state index in [9.17, 15) is 0 Å². The van der Waals surface area contributed by atoms with Crippen molar-refractivity contribution in [2.24, 2.45) is 0 Å². The van der Waals surface area contributed by atoms with E-state index in [0.29, 0.717) is 0 Å². The lowest BCUT2D eigenvalue weighted by atomic mass is 9.29. The fraction of sp³-hybridized carbons (Fsp3) is 0.0270. The highest BCUT2D eigenvalue weighted by Gasteiger charge is 2.55. The molecule has 36 rings (SSSR count). The van der Waals surface area contributed by atoms with Crippen LogP contribution < -0.4 is 65.6 Å². The molecule has 18 heterocycles. The summed E-state index contributed by atoms with van der Waals surface area (Å²) in [6.07, 6.45) is 2.56. The van der Waals surface area contributed by atoms with Gasteiger partial charge in [0, 0.05) is 68.5 Å². The van der Waals surface area contributed by atoms with Gasteiger partial charge in [0.05, 0.1) is 99.3 Å². The number of para-hydroxylation sites is 4. The lowest BCUT2D eigenvalue weighted by Gasteiger charge is -2.47. The average molecular weight is 1540 g/mol. The monoisotopic (exact) mass is 1540 g/mol. The number of benzene rings is 18. The minimum Gasteiger partial charge on any atom is -0.307 e. The number of nitrogens with zero attached hydrogens (tertiary/aromatic N) is 8. The van der Waals surface area contributed by atoms with Crippen molar-refractivity contribution in [3.05, 3.63) is 337 Å². The molecule has 6 aromatic heterocycles. The van der Waals surface area contributed by atoms with Crippen LogP contribution in [0.25, 0.3) is 222 Å². The van der Waals surface area contributed by atoms with Crippen LogP contribution in [0.4, 0.5) is 0 Å². The molecule has 12 aliphatic heterocycles. The maximum absolute atomic E-state index is 2.86. The van der Waals surface area contributed by atoms with Gasteiger partial charge in [-0.05, 0) is 227 Å². The number of fused-ring (bicyclic) bond motifs is 19. The third-order valence-electron chi connectivity index (χ3n) is 32.5. The Kier molecular flexibility index (Phi) is 9.49. The van der Waals surface area contributed by atoms with Crippen LogP contribution in [0.5, 0.6) is 0 Å². The van der Waals surface area contributed by atoms with Crippen molar-refractivity contribution < 1.29 is 0 Å². The second-order valence-corrected chi connectivity index (χ2v) is 37.4. The van der Waals surface area contributed by atoms with Crippen molar-refractivity contribution in [1.82, 2.24) is 36.2 Å². The zero-order valence-electron chi connectivity index (χ0n) is 65.9. The van der Waals surface area contributed by atoms with Gasteiger partial charge >= 0.3 is 0 Å². The van der Waals surface area contributed by atoms with E-state index in [1.54, 1.807) is 0 Å². The Hall–Kier alpha value is -15.4. The van der Waals surface area contributed by atoms with E-state index < -0.39 is 0 Å². The van der Waals surface area contributed by atoms with E-state index in [0.717, 1.165) is 19.3 Å². The van der Waals surface area contributed by atoms with E-state index in [1.165, 1.54) is 321 Å². The maximum atomic E-state index is 2.86. The molecule has 0 aliphatic carbocycles. The molecule has 0 fully saturated rings. The zero-order valence-corrected chi connectivity index (χ0v) is 65.9. The molecule has 0 atom stereocenters. The van der Waals surface area contributed by atoms with Gasteiger partial charge in [0.25, 0.3) is 26.9 Å². The summed E-state index contributed by atoms with van der Waals surface area (Å²) in [6.45, 7) is -0.0882. The molecule has 0 bridgehead atoms. The molecule has 0 unspecified atom stereocenters. The van der Waals surface area contributed by atoms with E-state index >= 15 is 0 Å². The molecule has 0 radical (unpaired) electrons. The quantitative estimate of drug-likeness (QED) is 0.122. The van der Waals surface area contributed by atoms with Crippen molar-refractivity contribution in [3.63, 3.8) is 0 Å². The van der Waals surface area contributed by atoms with Crippen LogP contribution in [0, 0.1) is 0 Å². The van der Waals surface area contributed by atoms with Gasteiger partial charge < -0.3 is 36.2 Å². The summed E-state index contributed by atoms with van der Waals surface area (Å²) >= 11 is 0. The summed E-state index contributed by atoms with van der Waals surface area (Å²) in [4.78, 5) is 0. The van der Waals surface area contributed by atoms with Crippen molar-refractivity contribution in [3.8, 4) is 101 Å². The predicted octanol–water partition coefficient (Wildman–Crippen LogP) is 16.2. The summed E-state index contributed by atoms with van der Waals surface area (Å²) < 4.78 is 22.3. The van der Waals surface area contributed by atoms with Gasteiger partial charge in [-0.3, -0.25) is 0 Å². The SMILES string of the molecule is c1ccc(-c2ccc3c(c2)B2c4cc(-c5ccc(-c6cc7c8c9c6Cc6ccc%10c%11c6B9c6c9c%12c%13c%14c6n-8c6c(cccc6n%14-c6cc(-c8ccccc8)ccc6B%13c6ccc(-c8ccccc8)cc6-n%12c6cccc(c6n9-%11)C%10)C7)cc5)ccc4-n4c5cccc6c7ccc8c9c7n(c7c%10c%11c(c2c74)n-3c2cccc3c4ccc-8c(c4n%11c32)B9%10)c65)cc1. The lowest BCUT2D eigenvalue weighted by molar-refractivity contribution is 0.984. The number of aromatic nitrogens is 8. The number of rotatable bonds is 5. The fourth-order valence-electron chi connectivity index (χ4n) is 28.4. The molecule has 18 aromatic carbocycles. The fourth-order valence-corrected chi connectivity index (χ4v) is 28.4. The Morgan fingerprint density at radius 1 is 0.187 bits per heavy atom. The minimum absolute atomic E-state index is 0.0204. The normalized spacial score (nSPS) is 14.7. The van der Waals surface area contributed by atoms with Crippen molar-refractivity contribution in [2.45, 2.75) is 19.3 Å². The standard InChI is InChI=1S/C111H56B4N8/c1-4-14-54(15-5-1)59-36-44-80-78(50-59)113-79-51-60(37-45-81(79)117-85-27-13-23-71-73-41-39-69-68-38-40-72-70-22-12-26-84-100(70)122-102(72)89(68)115-90(69)103(73)123(101(71)85)111-95(115)110(122)104(116(80)84)93(113)105(111)117)57-28-30-58(31-29-57)74-49-67-47-65-21-11-25-83-97(65)121-99(67)91-75(74)48-63-32-33-66-46-64-20-10-24-82-96(64)120-98(66)88(63)114(91)94-108(120)106-92-107(109(94)121)119(83)87-53-62(56-18-8-3-9-19-56)35-43-77(87)112(92)76-42-34-61(52-86(76)118(82)106)55-16-6-2-7-17-55/h1-45,49-53H,46-48H2. The molecule has 0 saturated carbocycles. The van der Waals surface area contributed by atoms with Gasteiger partial charge in [-0.25, -0.2) is 0 Å². The first-order chi connectivity index (χ1) is 61.1. The van der Waals surface area contributed by atoms with Gasteiger partial charge in [-0.2, -0.15) is 0 Å². The smallest absolute Gasteiger partial charge is 0.254 e. The summed E-state index contributed by atoms with van der Waals surface area (Å²) in [7, 11) is 0. The van der Waals surface area contributed by atoms with Gasteiger partial charge in [-0.15, -0.1) is 0 Å². The third-order valence-corrected chi connectivity index (χ3v) is 32.5. The first kappa shape index (κ1) is 60.1. The molecule has 123 heavy (non-hydrogen) atoms. The van der Waals surface area contributed by atoms with Crippen molar-refractivity contribution in [2.75, 3.05) is 0 Å². The topological polar surface area (TPSA) is 38.4 Å². The molecule has 12 aliphatic rings. The van der Waals surface area contributed by atoms with Gasteiger partial charge in [-0.1, -0.05) is 249 Å². The number of hydrogen-bond donors (Lipinski definition) is 0. The van der Waals surface area contributed by atoms with E-state index in [2.05, 4.69) is 340 Å². The molecule has 0 amide bonds. The third kappa shape index (κ3) is 6.21. The lowest BCUT2D eigenvalue weighted by Crippen LogP contribution is -2.67. The van der Waals surface area contributed by atoms with Crippen LogP contribution in [-0.2, 0) is 19.3 Å². The van der Waals surface area contributed by atoms with Crippen LogP contribution in [0.15, 0.2) is 303 Å². The average Bonchev–Trinajstić information content (AvgIpc) is 1.42. The van der Waals surface area contributed by atoms with E-state index in [4.69, 9.17) is 0 Å². The Labute approximate surface area is 701 Å². The molecule has 552 valence electrons. The Morgan fingerprint density at radius 3 is 1.13 bits per heavy atom. The summed E-state index contributed by atoms with van der Waals surface area (Å²) in [6, 6.07) is 120. The van der Waals surface area contributed by atoms with Crippen LogP contribution >= 0.6 is 0 Å². The second-order valence-electron chi connectivity index (χ2n) is 37.4. The molecule has 12 heteroatoms. The second kappa shape index (κ2) is 19.4. The number of hydrogen-bond acceptors (Lipinski definition) is 0. The Bertz CT molecular complexity index is 9750. The molecule has 8 nitrogen and oxygen atoms in total. The molecular formula is C111H56B4N8. The summed E-state index contributed by atoms with van der Waals surface area (Å²) in [5, 5.41) is 5.35. The van der Waals surface area contributed by atoms with Gasteiger partial charge in [0.2, 0.25) is 0 Å². The van der Waals surface area contributed by atoms with Crippen molar-refractivity contribution in [1.29, 1.82) is 0 Å². The Balaban J connectivity index is 0.610. The Morgan fingerprint density at radius 2 is 0.585 bits per heavy atom. The first-order valence-electron chi connectivity index (χ1n) is 44.0. The summed E-state index contributed by atoms with van der Waals surface area (Å²) in [5.41, 5.74) is 72.6. The van der Waals surface area contributed by atoms with Crippen molar-refractivity contribution >= 4 is 213 Å². The first-order valence-corrected chi connectivity index (χ1v) is 44.0. The van der Waals surface area contributed by atoms with Gasteiger partial charge in [0.15, 0.2) is 0 Å². The van der Waals surface area contributed by atoms with E-state index in [-0.39, 0.29) is 26.9 Å². The van der Waals surface area contributed by atoms with Crippen LogP contribution in [-0.4, -0.2) is 63.1 Å². The highest BCUT2D eigenvalue weighted by atomic mass is 15.2. The van der Waals surface area contributed by atoms with Gasteiger partial charge in [0.1, 0.15) is 0 Å². The molecule has 0 N–H and O–H groups in total. The molecular weight excluding hydrogens is 1490 g/mol. The summed E-state index contributed by atoms with van der Waals surface area (Å²) in [5.74, 6) is 0. The zero-order chi connectivity index (χ0) is 77.9. The maximum Gasteiger partial charge on any atom is 0.254 e. The largest absolute Gasteiger partial charge is 0.307 e. The molecule has 0 spiro atoms. The van der Waals surface area contributed by atoms with Crippen LogP contribution in [0.2, 0.25) is 0 Å². The molecule has 0 saturated heterocycles. The highest BCUT2D eigenvalue weighted by Crippen LogP contribution is 2.53. The van der Waals surface area contributed by atoms with E-state index in [1.807, 2.05) is 0 Å². The van der Waals surface area contributed by atoms with Crippen LogP contribution in [0.1, 0.15) is 33.4 Å². The molecule has 24 aromatic rings. The highest BCUT2D eigenvalue weighted by molar-refractivity contribution is 7.07.